The molecule has 130 valence electrons. The van der Waals surface area contributed by atoms with E-state index in [4.69, 9.17) is 16.3 Å². The number of benzene rings is 1. The van der Waals surface area contributed by atoms with Gasteiger partial charge < -0.3 is 4.74 Å². The van der Waals surface area contributed by atoms with Crippen molar-refractivity contribution in [2.24, 2.45) is 5.92 Å². The van der Waals surface area contributed by atoms with Crippen LogP contribution in [-0.2, 0) is 17.0 Å². The highest BCUT2D eigenvalue weighted by atomic mass is 35.5. The molecule has 0 bridgehead atoms. The molecule has 0 spiro atoms. The van der Waals surface area contributed by atoms with Gasteiger partial charge in [-0.2, -0.15) is 0 Å². The highest BCUT2D eigenvalue weighted by molar-refractivity contribution is 6.17. The lowest BCUT2D eigenvalue weighted by Gasteiger charge is -2.36. The standard InChI is InChI=1S/C20H32ClNO/c1-14(2)20-9-18(10-21)6-7-19(20)8-15(3)11-22-12-16(4)23-17(5)13-22/h6-7,9,14-17H,8,10-13H2,1-5H3/t15?,16-,17+. The maximum atomic E-state index is 6.00. The van der Waals surface area contributed by atoms with E-state index in [1.165, 1.54) is 16.7 Å². The molecule has 1 aliphatic rings. The van der Waals surface area contributed by atoms with Gasteiger partial charge in [0.05, 0.1) is 12.2 Å². The second-order valence-electron chi connectivity index (χ2n) is 7.61. The van der Waals surface area contributed by atoms with E-state index in [9.17, 15) is 0 Å². The Hall–Kier alpha value is -0.570. The van der Waals surface area contributed by atoms with Crippen molar-refractivity contribution in [2.75, 3.05) is 19.6 Å². The van der Waals surface area contributed by atoms with Gasteiger partial charge in [0.15, 0.2) is 0 Å². The van der Waals surface area contributed by atoms with Crippen LogP contribution in [0.1, 0.15) is 57.2 Å². The maximum absolute atomic E-state index is 6.00. The molecule has 2 rings (SSSR count). The van der Waals surface area contributed by atoms with Crippen molar-refractivity contribution in [3.05, 3.63) is 34.9 Å². The average Bonchev–Trinajstić information content (AvgIpc) is 2.46. The van der Waals surface area contributed by atoms with Crippen molar-refractivity contribution in [1.82, 2.24) is 4.90 Å². The first-order chi connectivity index (χ1) is 10.9. The van der Waals surface area contributed by atoms with Gasteiger partial charge in [0.1, 0.15) is 0 Å². The Morgan fingerprint density at radius 3 is 2.39 bits per heavy atom. The Kier molecular flexibility index (Phi) is 6.94. The van der Waals surface area contributed by atoms with Gasteiger partial charge in [-0.25, -0.2) is 0 Å². The van der Waals surface area contributed by atoms with Crippen molar-refractivity contribution in [1.29, 1.82) is 0 Å². The van der Waals surface area contributed by atoms with Crippen LogP contribution in [0.2, 0.25) is 0 Å². The fraction of sp³-hybridized carbons (Fsp3) is 0.700. The van der Waals surface area contributed by atoms with Crippen molar-refractivity contribution in [2.45, 2.75) is 65.0 Å². The topological polar surface area (TPSA) is 12.5 Å². The van der Waals surface area contributed by atoms with Crippen LogP contribution in [0.15, 0.2) is 18.2 Å². The monoisotopic (exact) mass is 337 g/mol. The van der Waals surface area contributed by atoms with Crippen LogP contribution in [0.5, 0.6) is 0 Å². The molecule has 0 N–H and O–H groups in total. The molecule has 1 aromatic rings. The zero-order valence-electron chi connectivity index (χ0n) is 15.3. The smallest absolute Gasteiger partial charge is 0.0678 e. The summed E-state index contributed by atoms with van der Waals surface area (Å²) in [6, 6.07) is 6.76. The van der Waals surface area contributed by atoms with E-state index >= 15 is 0 Å². The Morgan fingerprint density at radius 1 is 1.17 bits per heavy atom. The first-order valence-electron chi connectivity index (χ1n) is 8.94. The number of halogens is 1. The Labute approximate surface area is 147 Å². The SMILES string of the molecule is CC(Cc1ccc(CCl)cc1C(C)C)CN1C[C@@H](C)O[C@@H](C)C1. The Bertz CT molecular complexity index is 492. The van der Waals surface area contributed by atoms with E-state index in [1.807, 2.05) is 0 Å². The minimum absolute atomic E-state index is 0.347. The van der Waals surface area contributed by atoms with Crippen LogP contribution in [0, 0.1) is 5.92 Å². The zero-order valence-corrected chi connectivity index (χ0v) is 16.1. The largest absolute Gasteiger partial charge is 0.373 e. The average molecular weight is 338 g/mol. The second-order valence-corrected chi connectivity index (χ2v) is 7.87. The van der Waals surface area contributed by atoms with Gasteiger partial charge in [0.25, 0.3) is 0 Å². The minimum atomic E-state index is 0.347. The second kappa shape index (κ2) is 8.50. The molecule has 0 saturated carbocycles. The van der Waals surface area contributed by atoms with Crippen molar-refractivity contribution in [3.8, 4) is 0 Å². The number of alkyl halides is 1. The Morgan fingerprint density at radius 2 is 1.83 bits per heavy atom. The maximum Gasteiger partial charge on any atom is 0.0678 e. The minimum Gasteiger partial charge on any atom is -0.373 e. The zero-order chi connectivity index (χ0) is 17.0. The summed E-state index contributed by atoms with van der Waals surface area (Å²) in [6.45, 7) is 14.5. The number of nitrogens with zero attached hydrogens (tertiary/aromatic N) is 1. The first-order valence-corrected chi connectivity index (χ1v) is 9.48. The highest BCUT2D eigenvalue weighted by Crippen LogP contribution is 2.25. The van der Waals surface area contributed by atoms with Crippen molar-refractivity contribution < 1.29 is 4.74 Å². The number of ether oxygens (including phenoxy) is 1. The van der Waals surface area contributed by atoms with Crippen molar-refractivity contribution >= 4 is 11.6 Å². The number of hydrogen-bond acceptors (Lipinski definition) is 2. The molecule has 1 aromatic carbocycles. The molecule has 1 aliphatic heterocycles. The van der Waals surface area contributed by atoms with Gasteiger partial charge in [-0.05, 0) is 48.8 Å². The number of rotatable bonds is 6. The molecule has 3 atom stereocenters. The molecule has 0 aliphatic carbocycles. The van der Waals surface area contributed by atoms with Gasteiger partial charge in [-0.15, -0.1) is 11.6 Å². The summed E-state index contributed by atoms with van der Waals surface area (Å²) in [5.74, 6) is 1.79. The molecule has 3 heteroatoms. The molecule has 0 radical (unpaired) electrons. The van der Waals surface area contributed by atoms with Gasteiger partial charge in [0, 0.05) is 25.5 Å². The van der Waals surface area contributed by atoms with Crippen LogP contribution >= 0.6 is 11.6 Å². The highest BCUT2D eigenvalue weighted by Gasteiger charge is 2.23. The molecular weight excluding hydrogens is 306 g/mol. The third-order valence-electron chi connectivity index (χ3n) is 4.62. The van der Waals surface area contributed by atoms with Crippen LogP contribution in [0.3, 0.4) is 0 Å². The third-order valence-corrected chi connectivity index (χ3v) is 4.93. The van der Waals surface area contributed by atoms with Crippen LogP contribution in [-0.4, -0.2) is 36.7 Å². The van der Waals surface area contributed by atoms with Gasteiger partial charge in [0.2, 0.25) is 0 Å². The Balaban J connectivity index is 2.00. The van der Waals surface area contributed by atoms with E-state index in [2.05, 4.69) is 57.7 Å². The van der Waals surface area contributed by atoms with Crippen molar-refractivity contribution in [3.63, 3.8) is 0 Å². The summed E-state index contributed by atoms with van der Waals surface area (Å²) in [7, 11) is 0. The van der Waals surface area contributed by atoms with Crippen LogP contribution < -0.4 is 0 Å². The molecule has 23 heavy (non-hydrogen) atoms. The lowest BCUT2D eigenvalue weighted by Crippen LogP contribution is -2.47. The van der Waals surface area contributed by atoms with Crippen LogP contribution in [0.25, 0.3) is 0 Å². The van der Waals surface area contributed by atoms with E-state index in [-0.39, 0.29) is 0 Å². The molecule has 1 fully saturated rings. The molecule has 0 amide bonds. The third kappa shape index (κ3) is 5.48. The molecule has 1 saturated heterocycles. The molecule has 2 nitrogen and oxygen atoms in total. The summed E-state index contributed by atoms with van der Waals surface area (Å²) in [6.07, 6.45) is 1.83. The molecule has 1 heterocycles. The fourth-order valence-corrected chi connectivity index (χ4v) is 3.93. The fourth-order valence-electron chi connectivity index (χ4n) is 3.77. The number of morpholine rings is 1. The lowest BCUT2D eigenvalue weighted by molar-refractivity contribution is -0.0709. The van der Waals surface area contributed by atoms with Gasteiger partial charge in [-0.1, -0.05) is 39.0 Å². The lowest BCUT2D eigenvalue weighted by atomic mass is 9.89. The number of hydrogen-bond donors (Lipinski definition) is 0. The quantitative estimate of drug-likeness (QED) is 0.689. The summed E-state index contributed by atoms with van der Waals surface area (Å²) >= 11 is 6.00. The van der Waals surface area contributed by atoms with E-state index in [0.29, 0.717) is 29.9 Å². The van der Waals surface area contributed by atoms with E-state index in [1.54, 1.807) is 0 Å². The predicted octanol–water partition coefficient (Wildman–Crippen LogP) is 4.84. The van der Waals surface area contributed by atoms with E-state index in [0.717, 1.165) is 26.1 Å². The van der Waals surface area contributed by atoms with Gasteiger partial charge in [-0.3, -0.25) is 4.90 Å². The van der Waals surface area contributed by atoms with Gasteiger partial charge >= 0.3 is 0 Å². The summed E-state index contributed by atoms with van der Waals surface area (Å²) in [5, 5.41) is 0. The molecule has 0 aromatic heterocycles. The summed E-state index contributed by atoms with van der Waals surface area (Å²) in [5.41, 5.74) is 4.16. The summed E-state index contributed by atoms with van der Waals surface area (Å²) < 4.78 is 5.84. The summed E-state index contributed by atoms with van der Waals surface area (Å²) in [4.78, 5) is 2.56. The first kappa shape index (κ1) is 18.8. The normalized spacial score (nSPS) is 24.1. The predicted molar refractivity (Wildman–Crippen MR) is 99.4 cm³/mol. The molecular formula is C20H32ClNO. The van der Waals surface area contributed by atoms with Crippen LogP contribution in [0.4, 0.5) is 0 Å². The molecule has 1 unspecified atom stereocenters. The van der Waals surface area contributed by atoms with E-state index < -0.39 is 0 Å².